The van der Waals surface area contributed by atoms with E-state index < -0.39 is 0 Å². The van der Waals surface area contributed by atoms with Gasteiger partial charge in [0.25, 0.3) is 0 Å². The molecule has 0 unspecified atom stereocenters. The second kappa shape index (κ2) is 5.65. The number of benzene rings is 1. The maximum atomic E-state index is 5.52. The Morgan fingerprint density at radius 2 is 1.35 bits per heavy atom. The molecular weight excluding hydrogens is 252 g/mol. The van der Waals surface area contributed by atoms with E-state index in [0.29, 0.717) is 0 Å². The van der Waals surface area contributed by atoms with Crippen molar-refractivity contribution in [2.75, 3.05) is 26.3 Å². The molecule has 0 saturated carbocycles. The van der Waals surface area contributed by atoms with Crippen molar-refractivity contribution in [1.82, 2.24) is 0 Å². The van der Waals surface area contributed by atoms with Crippen LogP contribution in [0.3, 0.4) is 0 Å². The van der Waals surface area contributed by atoms with Crippen molar-refractivity contribution in [3.63, 3.8) is 0 Å². The van der Waals surface area contributed by atoms with Gasteiger partial charge in [0.15, 0.2) is 11.8 Å². The number of hydrogen-bond donors (Lipinski definition) is 0. The Bertz CT molecular complexity index is 529. The molecule has 0 aromatic heterocycles. The Morgan fingerprint density at radius 1 is 0.850 bits per heavy atom. The smallest absolute Gasteiger partial charge is 0.187 e. The van der Waals surface area contributed by atoms with E-state index in [4.69, 9.17) is 9.47 Å². The van der Waals surface area contributed by atoms with Gasteiger partial charge in [0.1, 0.15) is 13.2 Å². The van der Waals surface area contributed by atoms with Crippen molar-refractivity contribution in [3.05, 3.63) is 34.4 Å². The van der Waals surface area contributed by atoms with Crippen molar-refractivity contribution in [2.24, 2.45) is 9.98 Å². The van der Waals surface area contributed by atoms with Crippen molar-refractivity contribution in [3.8, 4) is 0 Å². The van der Waals surface area contributed by atoms with Crippen molar-refractivity contribution in [2.45, 2.75) is 26.7 Å². The third kappa shape index (κ3) is 2.84. The molecule has 0 amide bonds. The highest BCUT2D eigenvalue weighted by Crippen LogP contribution is 2.19. The third-order valence-electron chi connectivity index (χ3n) is 3.77. The SMILES string of the molecule is Cc1cc(C)c(CC2=NCCO2)cc1CC1=NCCO1. The molecule has 2 aliphatic heterocycles. The van der Waals surface area contributed by atoms with Crippen LogP contribution >= 0.6 is 0 Å². The molecule has 0 fully saturated rings. The summed E-state index contributed by atoms with van der Waals surface area (Å²) < 4.78 is 11.0. The van der Waals surface area contributed by atoms with Crippen LogP contribution in [-0.2, 0) is 22.3 Å². The first kappa shape index (κ1) is 13.2. The molecule has 0 N–H and O–H groups in total. The monoisotopic (exact) mass is 272 g/mol. The Kier molecular flexibility index (Phi) is 3.72. The maximum absolute atomic E-state index is 5.52. The van der Waals surface area contributed by atoms with E-state index in [9.17, 15) is 0 Å². The zero-order chi connectivity index (χ0) is 13.9. The van der Waals surface area contributed by atoms with Crippen LogP contribution in [0.5, 0.6) is 0 Å². The van der Waals surface area contributed by atoms with Crippen LogP contribution < -0.4 is 0 Å². The molecule has 20 heavy (non-hydrogen) atoms. The molecule has 0 aliphatic carbocycles. The summed E-state index contributed by atoms with van der Waals surface area (Å²) in [4.78, 5) is 8.75. The summed E-state index contributed by atoms with van der Waals surface area (Å²) in [7, 11) is 0. The second-order valence-corrected chi connectivity index (χ2v) is 5.31. The van der Waals surface area contributed by atoms with Crippen LogP contribution in [0.4, 0.5) is 0 Å². The molecule has 106 valence electrons. The molecule has 0 saturated heterocycles. The van der Waals surface area contributed by atoms with Gasteiger partial charge in [-0.05, 0) is 36.1 Å². The standard InChI is InChI=1S/C16H20N2O2/c1-11-7-12(2)14(10-16-18-4-6-20-16)8-13(11)9-15-17-3-5-19-15/h7-8H,3-6,9-10H2,1-2H3. The van der Waals surface area contributed by atoms with Crippen LogP contribution in [0.2, 0.25) is 0 Å². The first-order chi connectivity index (χ1) is 9.72. The van der Waals surface area contributed by atoms with E-state index in [1.807, 2.05) is 0 Å². The van der Waals surface area contributed by atoms with Gasteiger partial charge in [0.2, 0.25) is 0 Å². The zero-order valence-electron chi connectivity index (χ0n) is 12.1. The molecule has 0 atom stereocenters. The number of hydrogen-bond acceptors (Lipinski definition) is 4. The van der Waals surface area contributed by atoms with E-state index in [-0.39, 0.29) is 0 Å². The number of rotatable bonds is 4. The molecule has 3 rings (SSSR count). The number of nitrogens with zero attached hydrogens (tertiary/aromatic N) is 2. The predicted molar refractivity (Wildman–Crippen MR) is 79.8 cm³/mol. The van der Waals surface area contributed by atoms with Crippen molar-refractivity contribution < 1.29 is 9.47 Å². The van der Waals surface area contributed by atoms with Gasteiger partial charge in [-0.2, -0.15) is 0 Å². The molecule has 1 aromatic carbocycles. The van der Waals surface area contributed by atoms with Crippen LogP contribution in [-0.4, -0.2) is 38.1 Å². The quantitative estimate of drug-likeness (QED) is 0.843. The molecule has 0 radical (unpaired) electrons. The van der Waals surface area contributed by atoms with E-state index in [2.05, 4.69) is 36.0 Å². The van der Waals surface area contributed by atoms with E-state index in [1.165, 1.54) is 22.3 Å². The topological polar surface area (TPSA) is 43.2 Å². The summed E-state index contributed by atoms with van der Waals surface area (Å²) in [6.07, 6.45) is 1.57. The van der Waals surface area contributed by atoms with Crippen molar-refractivity contribution >= 4 is 11.8 Å². The Hall–Kier alpha value is -1.84. The molecule has 4 heteroatoms. The Labute approximate surface area is 119 Å². The average Bonchev–Trinajstić information content (AvgIpc) is 3.08. The zero-order valence-corrected chi connectivity index (χ0v) is 12.1. The second-order valence-electron chi connectivity index (χ2n) is 5.31. The maximum Gasteiger partial charge on any atom is 0.187 e. The lowest BCUT2D eigenvalue weighted by molar-refractivity contribution is 0.340. The summed E-state index contributed by atoms with van der Waals surface area (Å²) in [5.74, 6) is 1.72. The molecule has 1 aromatic rings. The van der Waals surface area contributed by atoms with Gasteiger partial charge in [-0.25, -0.2) is 0 Å². The minimum absolute atomic E-state index is 0.720. The number of aliphatic imine (C=N–C) groups is 2. The molecule has 2 heterocycles. The molecule has 0 bridgehead atoms. The minimum atomic E-state index is 0.720. The van der Waals surface area contributed by atoms with Crippen LogP contribution in [0.25, 0.3) is 0 Å². The summed E-state index contributed by atoms with van der Waals surface area (Å²) in [5, 5.41) is 0. The van der Waals surface area contributed by atoms with Gasteiger partial charge in [0, 0.05) is 12.8 Å². The third-order valence-corrected chi connectivity index (χ3v) is 3.77. The largest absolute Gasteiger partial charge is 0.479 e. The lowest BCUT2D eigenvalue weighted by atomic mass is 9.96. The molecule has 0 spiro atoms. The highest BCUT2D eigenvalue weighted by Gasteiger charge is 2.14. The van der Waals surface area contributed by atoms with Crippen LogP contribution in [0, 0.1) is 13.8 Å². The normalized spacial score (nSPS) is 17.5. The molecule has 4 nitrogen and oxygen atoms in total. The first-order valence-corrected chi connectivity index (χ1v) is 7.13. The fourth-order valence-electron chi connectivity index (χ4n) is 2.63. The summed E-state index contributed by atoms with van der Waals surface area (Å²) >= 11 is 0. The highest BCUT2D eigenvalue weighted by molar-refractivity contribution is 5.82. The lowest BCUT2D eigenvalue weighted by Crippen LogP contribution is -2.09. The van der Waals surface area contributed by atoms with Gasteiger partial charge in [-0.15, -0.1) is 0 Å². The summed E-state index contributed by atoms with van der Waals surface area (Å²) in [6.45, 7) is 7.31. The fraction of sp³-hybridized carbons (Fsp3) is 0.500. The predicted octanol–water partition coefficient (Wildman–Crippen LogP) is 2.25. The van der Waals surface area contributed by atoms with Crippen molar-refractivity contribution in [1.29, 1.82) is 0 Å². The van der Waals surface area contributed by atoms with Gasteiger partial charge in [-0.3, -0.25) is 9.98 Å². The minimum Gasteiger partial charge on any atom is -0.479 e. The summed E-state index contributed by atoms with van der Waals surface area (Å²) in [6, 6.07) is 4.48. The van der Waals surface area contributed by atoms with Gasteiger partial charge < -0.3 is 9.47 Å². The number of ether oxygens (including phenoxy) is 2. The fourth-order valence-corrected chi connectivity index (χ4v) is 2.63. The van der Waals surface area contributed by atoms with E-state index >= 15 is 0 Å². The van der Waals surface area contributed by atoms with Gasteiger partial charge in [0.05, 0.1) is 13.1 Å². The van der Waals surface area contributed by atoms with E-state index in [1.54, 1.807) is 0 Å². The van der Waals surface area contributed by atoms with Gasteiger partial charge in [-0.1, -0.05) is 12.1 Å². The highest BCUT2D eigenvalue weighted by atomic mass is 16.5. The van der Waals surface area contributed by atoms with Crippen LogP contribution in [0.1, 0.15) is 22.3 Å². The Balaban J connectivity index is 1.82. The number of aryl methyl sites for hydroxylation is 2. The average molecular weight is 272 g/mol. The van der Waals surface area contributed by atoms with E-state index in [0.717, 1.165) is 50.9 Å². The van der Waals surface area contributed by atoms with Gasteiger partial charge >= 0.3 is 0 Å². The lowest BCUT2D eigenvalue weighted by Gasteiger charge is -2.12. The molecular formula is C16H20N2O2. The summed E-state index contributed by atoms with van der Waals surface area (Å²) in [5.41, 5.74) is 5.15. The van der Waals surface area contributed by atoms with Crippen LogP contribution in [0.15, 0.2) is 22.1 Å². The Morgan fingerprint density at radius 3 is 1.75 bits per heavy atom. The first-order valence-electron chi connectivity index (χ1n) is 7.13. The molecule has 2 aliphatic rings.